The highest BCUT2D eigenvalue weighted by atomic mass is 79.9. The molecule has 0 N–H and O–H groups in total. The number of hydrogen-bond acceptors (Lipinski definition) is 0. The molecule has 0 saturated heterocycles. The van der Waals surface area contributed by atoms with Gasteiger partial charge in [0.15, 0.2) is 0 Å². The SMILES string of the molecule is CC(C)Cc1ccc(CCBr)cc1CC(C)C. The molecule has 96 valence electrons. The van der Waals surface area contributed by atoms with Crippen LogP contribution < -0.4 is 0 Å². The summed E-state index contributed by atoms with van der Waals surface area (Å²) in [6, 6.07) is 7.05. The van der Waals surface area contributed by atoms with Gasteiger partial charge >= 0.3 is 0 Å². The average molecular weight is 297 g/mol. The molecule has 0 aromatic heterocycles. The van der Waals surface area contributed by atoms with Crippen LogP contribution in [0.2, 0.25) is 0 Å². The molecule has 1 heteroatoms. The third-order valence-electron chi connectivity index (χ3n) is 2.91. The lowest BCUT2D eigenvalue weighted by atomic mass is 9.91. The highest BCUT2D eigenvalue weighted by Crippen LogP contribution is 2.20. The van der Waals surface area contributed by atoms with Gasteiger partial charge in [-0.15, -0.1) is 0 Å². The first-order valence-corrected chi connectivity index (χ1v) is 7.81. The molecule has 0 unspecified atom stereocenters. The molecular weight excluding hydrogens is 272 g/mol. The molecule has 0 aliphatic heterocycles. The molecule has 0 nitrogen and oxygen atoms in total. The third kappa shape index (κ3) is 5.25. The molecule has 17 heavy (non-hydrogen) atoms. The Kier molecular flexibility index (Phi) is 6.26. The van der Waals surface area contributed by atoms with E-state index in [9.17, 15) is 0 Å². The van der Waals surface area contributed by atoms with E-state index in [0.717, 1.165) is 23.6 Å². The summed E-state index contributed by atoms with van der Waals surface area (Å²) in [5, 5.41) is 1.05. The van der Waals surface area contributed by atoms with Gasteiger partial charge in [0, 0.05) is 5.33 Å². The fraction of sp³-hybridized carbons (Fsp3) is 0.625. The van der Waals surface area contributed by atoms with Crippen molar-refractivity contribution in [2.24, 2.45) is 11.8 Å². The van der Waals surface area contributed by atoms with E-state index in [0.29, 0.717) is 0 Å². The monoisotopic (exact) mass is 296 g/mol. The Morgan fingerprint density at radius 3 is 2.06 bits per heavy atom. The minimum Gasteiger partial charge on any atom is -0.0924 e. The van der Waals surface area contributed by atoms with Gasteiger partial charge in [-0.05, 0) is 47.8 Å². The van der Waals surface area contributed by atoms with Crippen LogP contribution in [-0.2, 0) is 19.3 Å². The summed E-state index contributed by atoms with van der Waals surface area (Å²) in [7, 11) is 0. The molecule has 0 atom stereocenters. The Balaban J connectivity index is 2.94. The van der Waals surface area contributed by atoms with Crippen LogP contribution >= 0.6 is 15.9 Å². The summed E-state index contributed by atoms with van der Waals surface area (Å²) in [5.74, 6) is 1.48. The minimum absolute atomic E-state index is 0.736. The van der Waals surface area contributed by atoms with Crippen LogP contribution in [0.5, 0.6) is 0 Å². The Morgan fingerprint density at radius 2 is 1.53 bits per heavy atom. The zero-order chi connectivity index (χ0) is 12.8. The highest BCUT2D eigenvalue weighted by Gasteiger charge is 2.08. The molecule has 0 amide bonds. The number of halogens is 1. The van der Waals surface area contributed by atoms with Crippen molar-refractivity contribution in [1.29, 1.82) is 0 Å². The molecule has 0 heterocycles. The third-order valence-corrected chi connectivity index (χ3v) is 3.31. The maximum Gasteiger partial charge on any atom is 0.00718 e. The normalized spacial score (nSPS) is 11.5. The summed E-state index contributed by atoms with van der Waals surface area (Å²) in [4.78, 5) is 0. The fourth-order valence-corrected chi connectivity index (χ4v) is 2.67. The molecule has 0 spiro atoms. The molecular formula is C16H25Br. The number of hydrogen-bond donors (Lipinski definition) is 0. The van der Waals surface area contributed by atoms with Crippen molar-refractivity contribution >= 4 is 15.9 Å². The summed E-state index contributed by atoms with van der Waals surface area (Å²) in [6.07, 6.45) is 3.54. The van der Waals surface area contributed by atoms with Gasteiger partial charge in [-0.25, -0.2) is 0 Å². The molecule has 0 bridgehead atoms. The highest BCUT2D eigenvalue weighted by molar-refractivity contribution is 9.09. The Bertz CT molecular complexity index is 339. The van der Waals surface area contributed by atoms with Crippen LogP contribution in [0.25, 0.3) is 0 Å². The zero-order valence-electron chi connectivity index (χ0n) is 11.6. The fourth-order valence-electron chi connectivity index (χ4n) is 2.21. The second kappa shape index (κ2) is 7.20. The lowest BCUT2D eigenvalue weighted by Gasteiger charge is -2.15. The van der Waals surface area contributed by atoms with Gasteiger partial charge in [-0.2, -0.15) is 0 Å². The molecule has 0 radical (unpaired) electrons. The predicted octanol–water partition coefficient (Wildman–Crippen LogP) is 5.02. The van der Waals surface area contributed by atoms with E-state index in [1.54, 1.807) is 11.1 Å². The van der Waals surface area contributed by atoms with E-state index in [1.807, 2.05) is 0 Å². The van der Waals surface area contributed by atoms with Crippen molar-refractivity contribution in [3.05, 3.63) is 34.9 Å². The van der Waals surface area contributed by atoms with Crippen LogP contribution in [0, 0.1) is 11.8 Å². The second-order valence-electron chi connectivity index (χ2n) is 5.74. The molecule has 0 fully saturated rings. The average Bonchev–Trinajstić information content (AvgIpc) is 2.21. The first-order valence-electron chi connectivity index (χ1n) is 6.69. The minimum atomic E-state index is 0.736. The first kappa shape index (κ1) is 14.8. The molecule has 0 aliphatic rings. The Labute approximate surface area is 115 Å². The van der Waals surface area contributed by atoms with E-state index >= 15 is 0 Å². The number of rotatable bonds is 6. The lowest BCUT2D eigenvalue weighted by Crippen LogP contribution is -2.04. The van der Waals surface area contributed by atoms with E-state index in [4.69, 9.17) is 0 Å². The van der Waals surface area contributed by atoms with E-state index in [-0.39, 0.29) is 0 Å². The van der Waals surface area contributed by atoms with E-state index in [2.05, 4.69) is 61.8 Å². The number of alkyl halides is 1. The predicted molar refractivity (Wildman–Crippen MR) is 81.0 cm³/mol. The topological polar surface area (TPSA) is 0 Å². The molecule has 1 aromatic carbocycles. The van der Waals surface area contributed by atoms with Crippen molar-refractivity contribution in [1.82, 2.24) is 0 Å². The summed E-state index contributed by atoms with van der Waals surface area (Å²) in [5.41, 5.74) is 4.57. The summed E-state index contributed by atoms with van der Waals surface area (Å²) < 4.78 is 0. The molecule has 0 saturated carbocycles. The molecule has 1 rings (SSSR count). The standard InChI is InChI=1S/C16H25Br/c1-12(2)9-15-6-5-14(7-8-17)11-16(15)10-13(3)4/h5-6,11-13H,7-10H2,1-4H3. The van der Waals surface area contributed by atoms with E-state index in [1.165, 1.54) is 18.4 Å². The van der Waals surface area contributed by atoms with Gasteiger partial charge in [-0.1, -0.05) is 61.8 Å². The number of aryl methyl sites for hydroxylation is 1. The van der Waals surface area contributed by atoms with Crippen LogP contribution in [-0.4, -0.2) is 5.33 Å². The van der Waals surface area contributed by atoms with Crippen LogP contribution in [0.3, 0.4) is 0 Å². The van der Waals surface area contributed by atoms with Crippen LogP contribution in [0.15, 0.2) is 18.2 Å². The number of benzene rings is 1. The van der Waals surface area contributed by atoms with Gasteiger partial charge in [0.2, 0.25) is 0 Å². The molecule has 0 aliphatic carbocycles. The second-order valence-corrected chi connectivity index (χ2v) is 6.53. The maximum absolute atomic E-state index is 3.52. The van der Waals surface area contributed by atoms with Gasteiger partial charge in [0.1, 0.15) is 0 Å². The quantitative estimate of drug-likeness (QED) is 0.647. The van der Waals surface area contributed by atoms with Crippen molar-refractivity contribution < 1.29 is 0 Å². The smallest absolute Gasteiger partial charge is 0.00718 e. The van der Waals surface area contributed by atoms with Crippen LogP contribution in [0.4, 0.5) is 0 Å². The molecule has 1 aromatic rings. The lowest BCUT2D eigenvalue weighted by molar-refractivity contribution is 0.615. The van der Waals surface area contributed by atoms with Crippen molar-refractivity contribution in [2.45, 2.75) is 47.0 Å². The van der Waals surface area contributed by atoms with Crippen molar-refractivity contribution in [3.63, 3.8) is 0 Å². The Morgan fingerprint density at radius 1 is 0.941 bits per heavy atom. The van der Waals surface area contributed by atoms with Crippen LogP contribution in [0.1, 0.15) is 44.4 Å². The van der Waals surface area contributed by atoms with Gasteiger partial charge in [0.05, 0.1) is 0 Å². The summed E-state index contributed by atoms with van der Waals surface area (Å²) in [6.45, 7) is 9.20. The maximum atomic E-state index is 3.52. The first-order chi connectivity index (χ1) is 8.02. The van der Waals surface area contributed by atoms with Crippen molar-refractivity contribution in [2.75, 3.05) is 5.33 Å². The van der Waals surface area contributed by atoms with Gasteiger partial charge in [0.25, 0.3) is 0 Å². The Hall–Kier alpha value is -0.300. The summed E-state index contributed by atoms with van der Waals surface area (Å²) >= 11 is 3.52. The van der Waals surface area contributed by atoms with E-state index < -0.39 is 0 Å². The van der Waals surface area contributed by atoms with Gasteiger partial charge < -0.3 is 0 Å². The van der Waals surface area contributed by atoms with Gasteiger partial charge in [-0.3, -0.25) is 0 Å². The van der Waals surface area contributed by atoms with Crippen molar-refractivity contribution in [3.8, 4) is 0 Å². The zero-order valence-corrected chi connectivity index (χ0v) is 13.2. The largest absolute Gasteiger partial charge is 0.0924 e.